The molecule has 0 aliphatic heterocycles. The average molecular weight is 222 g/mol. The Kier molecular flexibility index (Phi) is 2.11. The Balaban J connectivity index is 1.94. The van der Waals surface area contributed by atoms with E-state index in [2.05, 4.69) is 27.7 Å². The zero-order chi connectivity index (χ0) is 11.7. The SMILES string of the molecule is C[C@H]1CC[C@H]2[C@H]1[C@H]1[C@@H](CC[C@@]2(C)O)C1(C)C. The first-order valence-electron chi connectivity index (χ1n) is 7.08. The second-order valence-corrected chi connectivity index (χ2v) is 7.59. The highest BCUT2D eigenvalue weighted by Gasteiger charge is 2.66. The van der Waals surface area contributed by atoms with E-state index in [9.17, 15) is 5.11 Å². The summed E-state index contributed by atoms with van der Waals surface area (Å²) in [5, 5.41) is 10.7. The van der Waals surface area contributed by atoms with Crippen molar-refractivity contribution in [2.45, 2.75) is 59.0 Å². The van der Waals surface area contributed by atoms with Crippen molar-refractivity contribution < 1.29 is 5.11 Å². The lowest BCUT2D eigenvalue weighted by molar-refractivity contribution is -0.0302. The van der Waals surface area contributed by atoms with Crippen LogP contribution in [0.5, 0.6) is 0 Å². The van der Waals surface area contributed by atoms with Gasteiger partial charge in [0.05, 0.1) is 5.60 Å². The third-order valence-electron chi connectivity index (χ3n) is 6.37. The summed E-state index contributed by atoms with van der Waals surface area (Å²) in [5.41, 5.74) is 0.191. The van der Waals surface area contributed by atoms with Crippen LogP contribution in [0.1, 0.15) is 53.4 Å². The van der Waals surface area contributed by atoms with E-state index >= 15 is 0 Å². The van der Waals surface area contributed by atoms with Gasteiger partial charge in [-0.3, -0.25) is 0 Å². The van der Waals surface area contributed by atoms with Crippen molar-refractivity contribution in [2.75, 3.05) is 0 Å². The number of rotatable bonds is 0. The summed E-state index contributed by atoms with van der Waals surface area (Å²) >= 11 is 0. The van der Waals surface area contributed by atoms with Crippen LogP contribution in [0.25, 0.3) is 0 Å². The van der Waals surface area contributed by atoms with Gasteiger partial charge in [0.2, 0.25) is 0 Å². The Hall–Kier alpha value is -0.0400. The lowest BCUT2D eigenvalue weighted by Crippen LogP contribution is -2.38. The molecule has 16 heavy (non-hydrogen) atoms. The molecule has 0 aromatic rings. The molecule has 1 heteroatoms. The van der Waals surface area contributed by atoms with E-state index in [-0.39, 0.29) is 5.60 Å². The highest BCUT2D eigenvalue weighted by molar-refractivity contribution is 5.14. The maximum absolute atomic E-state index is 10.7. The van der Waals surface area contributed by atoms with Crippen molar-refractivity contribution in [2.24, 2.45) is 35.0 Å². The lowest BCUT2D eigenvalue weighted by atomic mass is 9.74. The Bertz CT molecular complexity index is 305. The van der Waals surface area contributed by atoms with Crippen LogP contribution in [-0.4, -0.2) is 10.7 Å². The fourth-order valence-corrected chi connectivity index (χ4v) is 5.29. The molecule has 0 heterocycles. The first kappa shape index (κ1) is 11.1. The third kappa shape index (κ3) is 1.27. The van der Waals surface area contributed by atoms with Gasteiger partial charge in [0.15, 0.2) is 0 Å². The normalized spacial score (nSPS) is 58.7. The van der Waals surface area contributed by atoms with Crippen molar-refractivity contribution in [3.05, 3.63) is 0 Å². The van der Waals surface area contributed by atoms with Crippen LogP contribution < -0.4 is 0 Å². The van der Waals surface area contributed by atoms with E-state index in [1.54, 1.807) is 0 Å². The molecule has 3 aliphatic carbocycles. The first-order chi connectivity index (χ1) is 7.36. The van der Waals surface area contributed by atoms with Crippen LogP contribution in [0.3, 0.4) is 0 Å². The average Bonchev–Trinajstić information content (AvgIpc) is 2.51. The van der Waals surface area contributed by atoms with Gasteiger partial charge in [0.1, 0.15) is 0 Å². The summed E-state index contributed by atoms with van der Waals surface area (Å²) in [6.45, 7) is 9.41. The van der Waals surface area contributed by atoms with Crippen molar-refractivity contribution in [1.82, 2.24) is 0 Å². The van der Waals surface area contributed by atoms with Crippen LogP contribution in [0, 0.1) is 35.0 Å². The molecule has 92 valence electrons. The van der Waals surface area contributed by atoms with Gasteiger partial charge in [-0.15, -0.1) is 0 Å². The smallest absolute Gasteiger partial charge is 0.0650 e. The van der Waals surface area contributed by atoms with Gasteiger partial charge in [0, 0.05) is 0 Å². The van der Waals surface area contributed by atoms with E-state index < -0.39 is 0 Å². The molecule has 0 radical (unpaired) electrons. The zero-order valence-electron chi connectivity index (χ0n) is 11.2. The van der Waals surface area contributed by atoms with Gasteiger partial charge in [-0.05, 0) is 61.2 Å². The summed E-state index contributed by atoms with van der Waals surface area (Å²) in [5.74, 6) is 4.03. The Morgan fingerprint density at radius 2 is 1.69 bits per heavy atom. The topological polar surface area (TPSA) is 20.2 Å². The molecule has 0 amide bonds. The predicted octanol–water partition coefficient (Wildman–Crippen LogP) is 3.47. The largest absolute Gasteiger partial charge is 0.390 e. The van der Waals surface area contributed by atoms with Gasteiger partial charge in [0.25, 0.3) is 0 Å². The van der Waals surface area contributed by atoms with Gasteiger partial charge in [-0.1, -0.05) is 27.2 Å². The van der Waals surface area contributed by atoms with Crippen molar-refractivity contribution >= 4 is 0 Å². The maximum Gasteiger partial charge on any atom is 0.0650 e. The molecule has 0 bridgehead atoms. The Labute approximate surface area is 99.6 Å². The molecule has 0 aromatic heterocycles. The zero-order valence-corrected chi connectivity index (χ0v) is 11.2. The highest BCUT2D eigenvalue weighted by atomic mass is 16.3. The van der Waals surface area contributed by atoms with E-state index in [1.165, 1.54) is 19.3 Å². The van der Waals surface area contributed by atoms with Crippen molar-refractivity contribution in [1.29, 1.82) is 0 Å². The van der Waals surface area contributed by atoms with Gasteiger partial charge < -0.3 is 5.11 Å². The predicted molar refractivity (Wildman–Crippen MR) is 66.0 cm³/mol. The number of fused-ring (bicyclic) bond motifs is 3. The van der Waals surface area contributed by atoms with Crippen molar-refractivity contribution in [3.63, 3.8) is 0 Å². The molecular formula is C15H26O. The van der Waals surface area contributed by atoms with Crippen LogP contribution in [0.2, 0.25) is 0 Å². The molecule has 0 spiro atoms. The summed E-state index contributed by atoms with van der Waals surface area (Å²) < 4.78 is 0. The third-order valence-corrected chi connectivity index (χ3v) is 6.37. The van der Waals surface area contributed by atoms with Gasteiger partial charge in [-0.2, -0.15) is 0 Å². The minimum Gasteiger partial charge on any atom is -0.390 e. The number of aliphatic hydroxyl groups is 1. The molecule has 0 aromatic carbocycles. The summed E-state index contributed by atoms with van der Waals surface area (Å²) in [6.07, 6.45) is 4.89. The minimum absolute atomic E-state index is 0.376. The highest BCUT2D eigenvalue weighted by Crippen LogP contribution is 2.71. The first-order valence-corrected chi connectivity index (χ1v) is 7.08. The second-order valence-electron chi connectivity index (χ2n) is 7.59. The molecule has 3 fully saturated rings. The molecule has 3 rings (SSSR count). The molecule has 0 saturated heterocycles. The maximum atomic E-state index is 10.7. The second kappa shape index (κ2) is 3.04. The fourth-order valence-electron chi connectivity index (χ4n) is 5.29. The molecular weight excluding hydrogens is 196 g/mol. The number of hydrogen-bond acceptors (Lipinski definition) is 1. The number of hydrogen-bond donors (Lipinski definition) is 1. The summed E-state index contributed by atoms with van der Waals surface area (Å²) in [4.78, 5) is 0. The quantitative estimate of drug-likeness (QED) is 0.665. The molecule has 6 atom stereocenters. The molecule has 3 aliphatic rings. The Morgan fingerprint density at radius 1 is 1.00 bits per heavy atom. The molecule has 3 saturated carbocycles. The Morgan fingerprint density at radius 3 is 2.38 bits per heavy atom. The van der Waals surface area contributed by atoms with Crippen LogP contribution in [-0.2, 0) is 0 Å². The van der Waals surface area contributed by atoms with Crippen molar-refractivity contribution in [3.8, 4) is 0 Å². The van der Waals surface area contributed by atoms with E-state index in [0.29, 0.717) is 11.3 Å². The van der Waals surface area contributed by atoms with Gasteiger partial charge in [-0.25, -0.2) is 0 Å². The van der Waals surface area contributed by atoms with Crippen LogP contribution in [0.4, 0.5) is 0 Å². The van der Waals surface area contributed by atoms with Crippen LogP contribution in [0.15, 0.2) is 0 Å². The van der Waals surface area contributed by atoms with Gasteiger partial charge >= 0.3 is 0 Å². The lowest BCUT2D eigenvalue weighted by Gasteiger charge is -2.35. The van der Waals surface area contributed by atoms with Crippen LogP contribution >= 0.6 is 0 Å². The summed E-state index contributed by atoms with van der Waals surface area (Å²) in [6, 6.07) is 0. The molecule has 1 nitrogen and oxygen atoms in total. The standard InChI is InChI=1S/C15H26O/c1-9-5-6-10-12(9)13-11(14(13,2)3)7-8-15(10,4)16/h9-13,16H,5-8H2,1-4H3/t9-,10-,11+,12-,13+,15+/m0/s1. The molecule has 1 N–H and O–H groups in total. The summed E-state index contributed by atoms with van der Waals surface area (Å²) in [7, 11) is 0. The van der Waals surface area contributed by atoms with E-state index in [4.69, 9.17) is 0 Å². The van der Waals surface area contributed by atoms with E-state index in [0.717, 1.165) is 30.1 Å². The monoisotopic (exact) mass is 222 g/mol. The fraction of sp³-hybridized carbons (Fsp3) is 1.00. The minimum atomic E-state index is -0.376. The molecule has 0 unspecified atom stereocenters. The van der Waals surface area contributed by atoms with E-state index in [1.807, 2.05) is 0 Å².